The van der Waals surface area contributed by atoms with Crippen LogP contribution in [-0.2, 0) is 4.79 Å². The van der Waals surface area contributed by atoms with E-state index < -0.39 is 5.54 Å². The summed E-state index contributed by atoms with van der Waals surface area (Å²) in [5, 5.41) is 2.92. The summed E-state index contributed by atoms with van der Waals surface area (Å²) in [5.74, 6) is 2.94. The molecule has 82 valence electrons. The van der Waals surface area contributed by atoms with Crippen LogP contribution in [0.25, 0.3) is 0 Å². The molecule has 0 spiro atoms. The van der Waals surface area contributed by atoms with Gasteiger partial charge in [0, 0.05) is 23.4 Å². The highest BCUT2D eigenvalue weighted by Crippen LogP contribution is 2.24. The number of hydrogen-bond donors (Lipinski definition) is 1. The first-order chi connectivity index (χ1) is 6.61. The predicted molar refractivity (Wildman–Crippen MR) is 63.4 cm³/mol. The molecular formula is C9H15Cl2NOS. The van der Waals surface area contributed by atoms with Crippen LogP contribution in [0.2, 0.25) is 0 Å². The van der Waals surface area contributed by atoms with Crippen LogP contribution in [-0.4, -0.2) is 34.7 Å². The van der Waals surface area contributed by atoms with Gasteiger partial charge in [-0.1, -0.05) is 0 Å². The molecule has 5 heteroatoms. The first kappa shape index (κ1) is 12.5. The van der Waals surface area contributed by atoms with E-state index in [9.17, 15) is 4.79 Å². The Morgan fingerprint density at radius 1 is 1.57 bits per heavy atom. The molecule has 1 rings (SSSR count). The lowest BCUT2D eigenvalue weighted by atomic mass is 10.0. The van der Waals surface area contributed by atoms with Crippen LogP contribution in [0.1, 0.15) is 13.3 Å². The lowest BCUT2D eigenvalue weighted by Crippen LogP contribution is -2.51. The number of hydrogen-bond acceptors (Lipinski definition) is 2. The second-order valence-corrected chi connectivity index (χ2v) is 5.56. The number of alkyl halides is 2. The topological polar surface area (TPSA) is 29.1 Å². The SMILES string of the molecule is CC(CCl)(CCl)NC(=O)C1CCSC1. The van der Waals surface area contributed by atoms with Crippen molar-refractivity contribution < 1.29 is 4.79 Å². The standard InChI is InChI=1S/C9H15Cl2NOS/c1-9(5-10,6-11)12-8(13)7-2-3-14-4-7/h7H,2-6H2,1H3,(H,12,13). The third kappa shape index (κ3) is 3.21. The molecule has 1 unspecified atom stereocenters. The molecule has 1 atom stereocenters. The number of amides is 1. The Kier molecular flexibility index (Phi) is 4.88. The van der Waals surface area contributed by atoms with Crippen LogP contribution in [0.15, 0.2) is 0 Å². The molecular weight excluding hydrogens is 241 g/mol. The van der Waals surface area contributed by atoms with E-state index in [1.54, 1.807) is 0 Å². The van der Waals surface area contributed by atoms with Gasteiger partial charge in [-0.15, -0.1) is 23.2 Å². The van der Waals surface area contributed by atoms with Crippen LogP contribution in [0, 0.1) is 5.92 Å². The monoisotopic (exact) mass is 255 g/mol. The van der Waals surface area contributed by atoms with Crippen LogP contribution in [0.4, 0.5) is 0 Å². The quantitative estimate of drug-likeness (QED) is 0.780. The molecule has 2 nitrogen and oxygen atoms in total. The van der Waals surface area contributed by atoms with Gasteiger partial charge in [0.1, 0.15) is 0 Å². The van der Waals surface area contributed by atoms with Crippen molar-refractivity contribution in [3.05, 3.63) is 0 Å². The van der Waals surface area contributed by atoms with E-state index in [1.807, 2.05) is 18.7 Å². The largest absolute Gasteiger partial charge is 0.348 e. The molecule has 1 aliphatic rings. The first-order valence-corrected chi connectivity index (χ1v) is 6.85. The third-order valence-electron chi connectivity index (χ3n) is 2.32. The number of rotatable bonds is 4. The van der Waals surface area contributed by atoms with Gasteiger partial charge in [-0.2, -0.15) is 11.8 Å². The Hall–Kier alpha value is 0.400. The van der Waals surface area contributed by atoms with Crippen molar-refractivity contribution in [1.82, 2.24) is 5.32 Å². The van der Waals surface area contributed by atoms with Crippen molar-refractivity contribution in [2.75, 3.05) is 23.3 Å². The van der Waals surface area contributed by atoms with Crippen LogP contribution in [0.5, 0.6) is 0 Å². The van der Waals surface area contributed by atoms with Gasteiger partial charge in [-0.05, 0) is 19.1 Å². The average Bonchev–Trinajstić information content (AvgIpc) is 2.70. The van der Waals surface area contributed by atoms with Crippen molar-refractivity contribution in [2.24, 2.45) is 5.92 Å². The molecule has 0 aromatic carbocycles. The molecule has 0 saturated carbocycles. The molecule has 1 fully saturated rings. The lowest BCUT2D eigenvalue weighted by molar-refractivity contribution is -0.125. The molecule has 0 radical (unpaired) electrons. The minimum absolute atomic E-state index is 0.0961. The molecule has 0 aromatic heterocycles. The molecule has 1 amide bonds. The highest BCUT2D eigenvalue weighted by Gasteiger charge is 2.30. The van der Waals surface area contributed by atoms with Gasteiger partial charge in [0.25, 0.3) is 0 Å². The van der Waals surface area contributed by atoms with Crippen molar-refractivity contribution in [3.8, 4) is 0 Å². The average molecular weight is 256 g/mol. The fourth-order valence-electron chi connectivity index (χ4n) is 1.24. The number of thioether (sulfide) groups is 1. The van der Waals surface area contributed by atoms with Gasteiger partial charge in [0.2, 0.25) is 5.91 Å². The third-order valence-corrected chi connectivity index (χ3v) is 4.66. The smallest absolute Gasteiger partial charge is 0.224 e. The van der Waals surface area contributed by atoms with E-state index in [4.69, 9.17) is 23.2 Å². The van der Waals surface area contributed by atoms with E-state index in [0.717, 1.165) is 17.9 Å². The summed E-state index contributed by atoms with van der Waals surface area (Å²) in [6.07, 6.45) is 0.969. The van der Waals surface area contributed by atoms with Crippen molar-refractivity contribution in [1.29, 1.82) is 0 Å². The molecule has 0 bridgehead atoms. The maximum absolute atomic E-state index is 11.7. The highest BCUT2D eigenvalue weighted by molar-refractivity contribution is 7.99. The molecule has 1 N–H and O–H groups in total. The van der Waals surface area contributed by atoms with Crippen LogP contribution >= 0.6 is 35.0 Å². The molecule has 1 aliphatic heterocycles. The Labute approximate surface area is 99.1 Å². The van der Waals surface area contributed by atoms with Crippen molar-refractivity contribution in [2.45, 2.75) is 18.9 Å². The Morgan fingerprint density at radius 3 is 2.64 bits per heavy atom. The van der Waals surface area contributed by atoms with E-state index in [2.05, 4.69) is 5.32 Å². The van der Waals surface area contributed by atoms with Crippen LogP contribution in [0.3, 0.4) is 0 Å². The zero-order chi connectivity index (χ0) is 10.6. The first-order valence-electron chi connectivity index (χ1n) is 4.63. The fraction of sp³-hybridized carbons (Fsp3) is 0.889. The molecule has 0 aromatic rings. The second kappa shape index (κ2) is 5.47. The fourth-order valence-corrected chi connectivity index (χ4v) is 2.88. The summed E-state index contributed by atoms with van der Waals surface area (Å²) in [6.45, 7) is 1.87. The van der Waals surface area contributed by atoms with Gasteiger partial charge in [0.05, 0.1) is 5.54 Å². The van der Waals surface area contributed by atoms with Crippen LogP contribution < -0.4 is 5.32 Å². The molecule has 14 heavy (non-hydrogen) atoms. The normalized spacial score (nSPS) is 22.4. The van der Waals surface area contributed by atoms with Gasteiger partial charge in [-0.3, -0.25) is 4.79 Å². The Morgan fingerprint density at radius 2 is 2.21 bits per heavy atom. The Balaban J connectivity index is 2.45. The zero-order valence-corrected chi connectivity index (χ0v) is 10.5. The highest BCUT2D eigenvalue weighted by atomic mass is 35.5. The summed E-state index contributed by atoms with van der Waals surface area (Å²) in [7, 11) is 0. The second-order valence-electron chi connectivity index (χ2n) is 3.88. The summed E-state index contributed by atoms with van der Waals surface area (Å²) in [6, 6.07) is 0. The van der Waals surface area contributed by atoms with E-state index in [0.29, 0.717) is 11.8 Å². The number of nitrogens with one attached hydrogen (secondary N) is 1. The van der Waals surface area contributed by atoms with Crippen molar-refractivity contribution in [3.63, 3.8) is 0 Å². The van der Waals surface area contributed by atoms with Gasteiger partial charge >= 0.3 is 0 Å². The molecule has 0 aliphatic carbocycles. The van der Waals surface area contributed by atoms with Gasteiger partial charge in [-0.25, -0.2) is 0 Å². The van der Waals surface area contributed by atoms with E-state index >= 15 is 0 Å². The molecule has 1 saturated heterocycles. The summed E-state index contributed by atoms with van der Waals surface area (Å²) < 4.78 is 0. The summed E-state index contributed by atoms with van der Waals surface area (Å²) >= 11 is 13.3. The predicted octanol–water partition coefficient (Wildman–Crippen LogP) is 2.09. The minimum Gasteiger partial charge on any atom is -0.348 e. The Bertz CT molecular complexity index is 203. The number of carbonyl (C=O) groups excluding carboxylic acids is 1. The summed E-state index contributed by atoms with van der Waals surface area (Å²) in [4.78, 5) is 11.7. The zero-order valence-electron chi connectivity index (χ0n) is 8.19. The lowest BCUT2D eigenvalue weighted by Gasteiger charge is -2.27. The molecule has 1 heterocycles. The maximum Gasteiger partial charge on any atom is 0.224 e. The number of halogens is 2. The maximum atomic E-state index is 11.7. The summed E-state index contributed by atoms with van der Waals surface area (Å²) in [5.41, 5.74) is -0.465. The van der Waals surface area contributed by atoms with E-state index in [-0.39, 0.29) is 11.8 Å². The van der Waals surface area contributed by atoms with E-state index in [1.165, 1.54) is 0 Å². The number of carbonyl (C=O) groups is 1. The van der Waals surface area contributed by atoms with Crippen molar-refractivity contribution >= 4 is 40.9 Å². The van der Waals surface area contributed by atoms with Gasteiger partial charge < -0.3 is 5.32 Å². The minimum atomic E-state index is -0.465. The van der Waals surface area contributed by atoms with Gasteiger partial charge in [0.15, 0.2) is 0 Å².